The molecule has 1 aliphatic heterocycles. The van der Waals surface area contributed by atoms with Crippen LogP contribution >= 0.6 is 0 Å². The highest BCUT2D eigenvalue weighted by atomic mass is 32.2. The molecule has 0 atom stereocenters. The Hall–Kier alpha value is -1.53. The SMILES string of the molecule is CN1C=CN(C)C1.Cc1ccc(S(=O)(=O)O)cc1. The van der Waals surface area contributed by atoms with E-state index >= 15 is 0 Å². The molecule has 6 heteroatoms. The maximum Gasteiger partial charge on any atom is 0.294 e. The fraction of sp³-hybridized carbons (Fsp3) is 0.333. The molecular formula is C12H18N2O3S. The fourth-order valence-corrected chi connectivity index (χ4v) is 1.86. The van der Waals surface area contributed by atoms with Gasteiger partial charge in [-0.25, -0.2) is 0 Å². The van der Waals surface area contributed by atoms with Gasteiger partial charge in [0, 0.05) is 26.5 Å². The Morgan fingerprint density at radius 3 is 1.78 bits per heavy atom. The van der Waals surface area contributed by atoms with Crippen LogP contribution in [0.3, 0.4) is 0 Å². The third-order valence-corrected chi connectivity index (χ3v) is 3.21. The van der Waals surface area contributed by atoms with Crippen molar-refractivity contribution >= 4 is 10.1 Å². The molecular weight excluding hydrogens is 252 g/mol. The van der Waals surface area contributed by atoms with Gasteiger partial charge in [0.15, 0.2) is 0 Å². The average molecular weight is 270 g/mol. The van der Waals surface area contributed by atoms with Crippen molar-refractivity contribution in [1.82, 2.24) is 9.80 Å². The third kappa shape index (κ3) is 4.77. The monoisotopic (exact) mass is 270 g/mol. The van der Waals surface area contributed by atoms with Crippen LogP contribution in [0.15, 0.2) is 41.6 Å². The lowest BCUT2D eigenvalue weighted by atomic mass is 10.2. The summed E-state index contributed by atoms with van der Waals surface area (Å²) in [5.41, 5.74) is 0.956. The quantitative estimate of drug-likeness (QED) is 0.784. The zero-order valence-corrected chi connectivity index (χ0v) is 11.6. The van der Waals surface area contributed by atoms with Crippen molar-refractivity contribution in [3.8, 4) is 0 Å². The number of hydrogen-bond acceptors (Lipinski definition) is 4. The van der Waals surface area contributed by atoms with E-state index in [9.17, 15) is 8.42 Å². The number of benzene rings is 1. The molecule has 18 heavy (non-hydrogen) atoms. The van der Waals surface area contributed by atoms with Crippen molar-refractivity contribution in [2.45, 2.75) is 11.8 Å². The number of nitrogens with zero attached hydrogens (tertiary/aromatic N) is 2. The number of hydrogen-bond donors (Lipinski definition) is 1. The van der Waals surface area contributed by atoms with E-state index in [0.717, 1.165) is 12.2 Å². The van der Waals surface area contributed by atoms with Gasteiger partial charge in [-0.15, -0.1) is 0 Å². The van der Waals surface area contributed by atoms with Crippen LogP contribution in [-0.4, -0.2) is 43.5 Å². The van der Waals surface area contributed by atoms with Gasteiger partial charge >= 0.3 is 0 Å². The summed E-state index contributed by atoms with van der Waals surface area (Å²) in [5.74, 6) is 0. The summed E-state index contributed by atoms with van der Waals surface area (Å²) in [7, 11) is 0.0915. The second kappa shape index (κ2) is 5.88. The second-order valence-electron chi connectivity index (χ2n) is 4.24. The lowest BCUT2D eigenvalue weighted by molar-refractivity contribution is 0.340. The van der Waals surface area contributed by atoms with Crippen molar-refractivity contribution in [2.75, 3.05) is 20.8 Å². The Balaban J connectivity index is 0.000000199. The van der Waals surface area contributed by atoms with Crippen LogP contribution in [0.25, 0.3) is 0 Å². The summed E-state index contributed by atoms with van der Waals surface area (Å²) in [6.07, 6.45) is 4.11. The van der Waals surface area contributed by atoms with Gasteiger partial charge < -0.3 is 9.80 Å². The van der Waals surface area contributed by atoms with Crippen molar-refractivity contribution in [1.29, 1.82) is 0 Å². The molecule has 0 aromatic heterocycles. The largest absolute Gasteiger partial charge is 0.362 e. The van der Waals surface area contributed by atoms with E-state index in [2.05, 4.69) is 36.3 Å². The van der Waals surface area contributed by atoms with Crippen molar-refractivity contribution in [2.24, 2.45) is 0 Å². The van der Waals surface area contributed by atoms with E-state index in [1.807, 2.05) is 6.92 Å². The van der Waals surface area contributed by atoms with Crippen LogP contribution in [0.2, 0.25) is 0 Å². The summed E-state index contributed by atoms with van der Waals surface area (Å²) in [6.45, 7) is 2.87. The molecule has 5 nitrogen and oxygen atoms in total. The highest BCUT2D eigenvalue weighted by Gasteiger charge is 2.06. The van der Waals surface area contributed by atoms with Gasteiger partial charge in [0.1, 0.15) is 0 Å². The maximum atomic E-state index is 10.5. The number of rotatable bonds is 1. The van der Waals surface area contributed by atoms with Crippen molar-refractivity contribution in [3.05, 3.63) is 42.2 Å². The molecule has 100 valence electrons. The first-order chi connectivity index (χ1) is 8.29. The van der Waals surface area contributed by atoms with Crippen molar-refractivity contribution < 1.29 is 13.0 Å². The predicted molar refractivity (Wildman–Crippen MR) is 70.5 cm³/mol. The lowest BCUT2D eigenvalue weighted by Gasteiger charge is -2.10. The van der Waals surface area contributed by atoms with E-state index in [1.54, 1.807) is 12.1 Å². The summed E-state index contributed by atoms with van der Waals surface area (Å²) >= 11 is 0. The Kier molecular flexibility index (Phi) is 4.75. The van der Waals surface area contributed by atoms with Crippen LogP contribution in [0, 0.1) is 6.92 Å². The van der Waals surface area contributed by atoms with Gasteiger partial charge in [-0.3, -0.25) is 4.55 Å². The minimum Gasteiger partial charge on any atom is -0.362 e. The Labute approximate surface area is 108 Å². The molecule has 2 rings (SSSR count). The molecule has 0 fully saturated rings. The van der Waals surface area contributed by atoms with Crippen LogP contribution < -0.4 is 0 Å². The Morgan fingerprint density at radius 2 is 1.50 bits per heavy atom. The molecule has 1 N–H and O–H groups in total. The fourth-order valence-electron chi connectivity index (χ4n) is 1.38. The smallest absolute Gasteiger partial charge is 0.294 e. The molecule has 0 amide bonds. The van der Waals surface area contributed by atoms with E-state index in [1.165, 1.54) is 12.1 Å². The van der Waals surface area contributed by atoms with Gasteiger partial charge in [0.05, 0.1) is 11.6 Å². The Morgan fingerprint density at radius 1 is 1.06 bits per heavy atom. The molecule has 0 saturated heterocycles. The first-order valence-electron chi connectivity index (χ1n) is 5.42. The zero-order valence-electron chi connectivity index (χ0n) is 10.7. The van der Waals surface area contributed by atoms with Crippen LogP contribution in [0.1, 0.15) is 5.56 Å². The molecule has 0 spiro atoms. The van der Waals surface area contributed by atoms with Gasteiger partial charge in [-0.05, 0) is 19.1 Å². The highest BCUT2D eigenvalue weighted by molar-refractivity contribution is 7.85. The van der Waals surface area contributed by atoms with Crippen LogP contribution in [0.5, 0.6) is 0 Å². The van der Waals surface area contributed by atoms with Crippen LogP contribution in [0.4, 0.5) is 0 Å². The molecule has 1 aromatic carbocycles. The number of aryl methyl sites for hydroxylation is 1. The van der Waals surface area contributed by atoms with Gasteiger partial charge in [-0.1, -0.05) is 17.7 Å². The van der Waals surface area contributed by atoms with E-state index in [4.69, 9.17) is 4.55 Å². The molecule has 0 saturated carbocycles. The van der Waals surface area contributed by atoms with Gasteiger partial charge in [0.2, 0.25) is 0 Å². The molecule has 1 aromatic rings. The molecule has 0 unspecified atom stereocenters. The predicted octanol–water partition coefficient (Wildman–Crippen LogP) is 1.53. The summed E-state index contributed by atoms with van der Waals surface area (Å²) < 4.78 is 29.6. The minimum absolute atomic E-state index is 0.0666. The Bertz CT molecular complexity index is 499. The first-order valence-corrected chi connectivity index (χ1v) is 6.86. The molecule has 0 radical (unpaired) electrons. The minimum atomic E-state index is -4.02. The normalized spacial score (nSPS) is 14.4. The second-order valence-corrected chi connectivity index (χ2v) is 5.66. The first kappa shape index (κ1) is 14.5. The standard InChI is InChI=1S/C7H8O3S.C5H10N2/c1-6-2-4-7(5-3-6)11(8,9)10;1-6-3-4-7(2)5-6/h2-5H,1H3,(H,8,9,10);3-4H,5H2,1-2H3. The lowest BCUT2D eigenvalue weighted by Crippen LogP contribution is -2.17. The third-order valence-electron chi connectivity index (χ3n) is 2.34. The van der Waals surface area contributed by atoms with Crippen LogP contribution in [-0.2, 0) is 10.1 Å². The maximum absolute atomic E-state index is 10.5. The van der Waals surface area contributed by atoms with E-state index in [0.29, 0.717) is 0 Å². The molecule has 0 aliphatic carbocycles. The molecule has 1 heterocycles. The summed E-state index contributed by atoms with van der Waals surface area (Å²) in [6, 6.07) is 5.99. The van der Waals surface area contributed by atoms with E-state index < -0.39 is 10.1 Å². The average Bonchev–Trinajstić information content (AvgIpc) is 2.62. The van der Waals surface area contributed by atoms with Crippen molar-refractivity contribution in [3.63, 3.8) is 0 Å². The van der Waals surface area contributed by atoms with Gasteiger partial charge in [-0.2, -0.15) is 8.42 Å². The van der Waals surface area contributed by atoms with Gasteiger partial charge in [0.25, 0.3) is 10.1 Å². The topological polar surface area (TPSA) is 60.9 Å². The van der Waals surface area contributed by atoms with E-state index in [-0.39, 0.29) is 4.90 Å². The molecule has 1 aliphatic rings. The summed E-state index contributed by atoms with van der Waals surface area (Å²) in [5, 5.41) is 0. The molecule has 0 bridgehead atoms. The summed E-state index contributed by atoms with van der Waals surface area (Å²) in [4.78, 5) is 4.18. The zero-order chi connectivity index (χ0) is 13.8. The highest BCUT2D eigenvalue weighted by Crippen LogP contribution is 2.08.